The highest BCUT2D eigenvalue weighted by atomic mass is 16.3. The maximum atomic E-state index is 10.3. The summed E-state index contributed by atoms with van der Waals surface area (Å²) in [4.78, 5) is 0. The van der Waals surface area contributed by atoms with Gasteiger partial charge in [-0.15, -0.1) is 0 Å². The number of aryl methyl sites for hydroxylation is 3. The van der Waals surface area contributed by atoms with Crippen molar-refractivity contribution in [3.63, 3.8) is 0 Å². The zero-order valence-electron chi connectivity index (χ0n) is 12.3. The molecule has 0 heterocycles. The highest BCUT2D eigenvalue weighted by molar-refractivity contribution is 5.45. The molecule has 0 fully saturated rings. The molecule has 2 unspecified atom stereocenters. The molecule has 0 aliphatic heterocycles. The fraction of sp³-hybridized carbons (Fsp3) is 0.333. The van der Waals surface area contributed by atoms with Gasteiger partial charge in [-0.25, -0.2) is 0 Å². The molecule has 2 rings (SSSR count). The molecule has 0 bridgehead atoms. The van der Waals surface area contributed by atoms with E-state index in [1.54, 1.807) is 0 Å². The summed E-state index contributed by atoms with van der Waals surface area (Å²) in [5, 5.41) is 19.7. The Morgan fingerprint density at radius 2 is 1.50 bits per heavy atom. The Labute approximate surface area is 120 Å². The normalized spacial score (nSPS) is 14.1. The van der Waals surface area contributed by atoms with Crippen molar-refractivity contribution in [3.05, 3.63) is 70.3 Å². The molecule has 2 heteroatoms. The Balaban J connectivity index is 2.59. The van der Waals surface area contributed by atoms with Crippen LogP contribution in [0, 0.1) is 20.8 Å². The molecule has 2 nitrogen and oxygen atoms in total. The van der Waals surface area contributed by atoms with Gasteiger partial charge in [-0.1, -0.05) is 48.0 Å². The third-order valence-corrected chi connectivity index (χ3v) is 3.78. The van der Waals surface area contributed by atoms with E-state index in [4.69, 9.17) is 0 Å². The zero-order valence-corrected chi connectivity index (χ0v) is 12.3. The van der Waals surface area contributed by atoms with Gasteiger partial charge < -0.3 is 10.2 Å². The zero-order chi connectivity index (χ0) is 14.7. The quantitative estimate of drug-likeness (QED) is 0.896. The van der Waals surface area contributed by atoms with E-state index in [9.17, 15) is 10.2 Å². The summed E-state index contributed by atoms with van der Waals surface area (Å²) >= 11 is 0. The number of benzene rings is 2. The first-order chi connectivity index (χ1) is 9.54. The van der Waals surface area contributed by atoms with Gasteiger partial charge in [-0.3, -0.25) is 0 Å². The van der Waals surface area contributed by atoms with Crippen LogP contribution in [0.25, 0.3) is 0 Å². The van der Waals surface area contributed by atoms with Crippen molar-refractivity contribution in [3.8, 4) is 0 Å². The van der Waals surface area contributed by atoms with E-state index in [0.717, 1.165) is 22.3 Å². The predicted octanol–water partition coefficient (Wildman–Crippen LogP) is 3.10. The summed E-state index contributed by atoms with van der Waals surface area (Å²) in [6.07, 6.45) is -0.794. The van der Waals surface area contributed by atoms with Crippen molar-refractivity contribution in [2.45, 2.75) is 32.8 Å². The Morgan fingerprint density at radius 3 is 2.00 bits per heavy atom. The minimum Gasteiger partial charge on any atom is -0.394 e. The standard InChI is InChI=1S/C18H22O2/c1-12-9-13(2)17(14(3)10-12)18(16(20)11-19)15-7-5-4-6-8-15/h4-10,16,18-20H,11H2,1-3H3. The lowest BCUT2D eigenvalue weighted by Crippen LogP contribution is -2.25. The lowest BCUT2D eigenvalue weighted by atomic mass is 9.81. The van der Waals surface area contributed by atoms with Gasteiger partial charge in [0, 0.05) is 5.92 Å². The molecular formula is C18H22O2. The summed E-state index contributed by atoms with van der Waals surface area (Å²) in [5.41, 5.74) is 5.68. The second kappa shape index (κ2) is 6.21. The van der Waals surface area contributed by atoms with Gasteiger partial charge in [-0.2, -0.15) is 0 Å². The first-order valence-corrected chi connectivity index (χ1v) is 6.96. The van der Waals surface area contributed by atoms with Gasteiger partial charge in [0.05, 0.1) is 12.7 Å². The molecule has 0 radical (unpaired) electrons. The molecule has 2 aromatic carbocycles. The fourth-order valence-corrected chi connectivity index (χ4v) is 3.03. The average molecular weight is 270 g/mol. The molecular weight excluding hydrogens is 248 g/mol. The van der Waals surface area contributed by atoms with Crippen LogP contribution >= 0.6 is 0 Å². The van der Waals surface area contributed by atoms with Crippen LogP contribution in [-0.2, 0) is 0 Å². The molecule has 0 aliphatic carbocycles. The van der Waals surface area contributed by atoms with Crippen LogP contribution in [0.4, 0.5) is 0 Å². The molecule has 20 heavy (non-hydrogen) atoms. The van der Waals surface area contributed by atoms with Gasteiger partial charge in [-0.05, 0) is 43.0 Å². The van der Waals surface area contributed by atoms with Crippen LogP contribution in [-0.4, -0.2) is 22.9 Å². The lowest BCUT2D eigenvalue weighted by Gasteiger charge is -2.26. The highest BCUT2D eigenvalue weighted by Crippen LogP contribution is 2.33. The number of aliphatic hydroxyl groups is 2. The molecule has 0 aliphatic rings. The van der Waals surface area contributed by atoms with Crippen LogP contribution in [0.5, 0.6) is 0 Å². The molecule has 0 aromatic heterocycles. The Bertz CT molecular complexity index is 552. The van der Waals surface area contributed by atoms with Crippen molar-refractivity contribution >= 4 is 0 Å². The van der Waals surface area contributed by atoms with E-state index in [1.807, 2.05) is 30.3 Å². The number of hydrogen-bond acceptors (Lipinski definition) is 2. The van der Waals surface area contributed by atoms with E-state index in [0.29, 0.717) is 0 Å². The molecule has 0 saturated carbocycles. The molecule has 2 atom stereocenters. The molecule has 0 amide bonds. The Morgan fingerprint density at radius 1 is 0.950 bits per heavy atom. The second-order valence-electron chi connectivity index (χ2n) is 5.45. The maximum absolute atomic E-state index is 10.3. The van der Waals surface area contributed by atoms with Crippen molar-refractivity contribution in [2.75, 3.05) is 6.61 Å². The van der Waals surface area contributed by atoms with Crippen molar-refractivity contribution in [1.82, 2.24) is 0 Å². The van der Waals surface area contributed by atoms with E-state index in [2.05, 4.69) is 32.9 Å². The first-order valence-electron chi connectivity index (χ1n) is 6.96. The Kier molecular flexibility index (Phi) is 4.58. The van der Waals surface area contributed by atoms with Gasteiger partial charge in [0.2, 0.25) is 0 Å². The van der Waals surface area contributed by atoms with Crippen LogP contribution < -0.4 is 0 Å². The number of rotatable bonds is 4. The maximum Gasteiger partial charge on any atom is 0.0879 e. The smallest absolute Gasteiger partial charge is 0.0879 e. The number of aliphatic hydroxyl groups excluding tert-OH is 2. The number of hydrogen-bond donors (Lipinski definition) is 2. The average Bonchev–Trinajstić information content (AvgIpc) is 2.42. The van der Waals surface area contributed by atoms with E-state index < -0.39 is 6.10 Å². The van der Waals surface area contributed by atoms with Crippen LogP contribution in [0.15, 0.2) is 42.5 Å². The van der Waals surface area contributed by atoms with E-state index in [1.165, 1.54) is 5.56 Å². The molecule has 0 spiro atoms. The lowest BCUT2D eigenvalue weighted by molar-refractivity contribution is 0.0820. The third kappa shape index (κ3) is 2.92. The minimum atomic E-state index is -0.794. The third-order valence-electron chi connectivity index (χ3n) is 3.78. The highest BCUT2D eigenvalue weighted by Gasteiger charge is 2.25. The monoisotopic (exact) mass is 270 g/mol. The van der Waals surface area contributed by atoms with Gasteiger partial charge in [0.1, 0.15) is 0 Å². The molecule has 0 saturated heterocycles. The summed E-state index contributed by atoms with van der Waals surface area (Å²) < 4.78 is 0. The second-order valence-corrected chi connectivity index (χ2v) is 5.45. The summed E-state index contributed by atoms with van der Waals surface area (Å²) in [6, 6.07) is 14.1. The van der Waals surface area contributed by atoms with Gasteiger partial charge in [0.25, 0.3) is 0 Å². The van der Waals surface area contributed by atoms with Gasteiger partial charge in [0.15, 0.2) is 0 Å². The summed E-state index contributed by atoms with van der Waals surface area (Å²) in [5.74, 6) is -0.193. The van der Waals surface area contributed by atoms with Crippen molar-refractivity contribution in [1.29, 1.82) is 0 Å². The molecule has 2 N–H and O–H groups in total. The topological polar surface area (TPSA) is 40.5 Å². The van der Waals surface area contributed by atoms with Crippen molar-refractivity contribution < 1.29 is 10.2 Å². The minimum absolute atomic E-state index is 0.193. The fourth-order valence-electron chi connectivity index (χ4n) is 3.03. The molecule has 106 valence electrons. The summed E-state index contributed by atoms with van der Waals surface area (Å²) in [6.45, 7) is 5.96. The van der Waals surface area contributed by atoms with Crippen LogP contribution in [0.1, 0.15) is 33.7 Å². The Hall–Kier alpha value is -1.64. The van der Waals surface area contributed by atoms with Crippen LogP contribution in [0.3, 0.4) is 0 Å². The van der Waals surface area contributed by atoms with Crippen molar-refractivity contribution in [2.24, 2.45) is 0 Å². The van der Waals surface area contributed by atoms with Crippen LogP contribution in [0.2, 0.25) is 0 Å². The predicted molar refractivity (Wildman–Crippen MR) is 82.0 cm³/mol. The largest absolute Gasteiger partial charge is 0.394 e. The summed E-state index contributed by atoms with van der Waals surface area (Å²) in [7, 11) is 0. The van der Waals surface area contributed by atoms with E-state index in [-0.39, 0.29) is 12.5 Å². The van der Waals surface area contributed by atoms with E-state index >= 15 is 0 Å². The molecule has 2 aromatic rings. The SMILES string of the molecule is Cc1cc(C)c(C(c2ccccc2)C(O)CO)c(C)c1. The van der Waals surface area contributed by atoms with Gasteiger partial charge >= 0.3 is 0 Å². The first kappa shape index (κ1) is 14.8.